The van der Waals surface area contributed by atoms with Crippen molar-refractivity contribution in [2.75, 3.05) is 6.61 Å². The van der Waals surface area contributed by atoms with Crippen LogP contribution in [0.5, 0.6) is 0 Å². The van der Waals surface area contributed by atoms with Gasteiger partial charge in [-0.2, -0.15) is 8.42 Å². The van der Waals surface area contributed by atoms with Gasteiger partial charge < -0.3 is 9.47 Å². The Kier molecular flexibility index (Phi) is 14.2. The summed E-state index contributed by atoms with van der Waals surface area (Å²) in [6, 6.07) is 0. The van der Waals surface area contributed by atoms with Crippen molar-refractivity contribution >= 4 is 22.1 Å². The summed E-state index contributed by atoms with van der Waals surface area (Å²) in [4.78, 5) is 24.4. The summed E-state index contributed by atoms with van der Waals surface area (Å²) in [5.74, 6) is -1.72. The third-order valence-electron chi connectivity index (χ3n) is 4.87. The maximum absolute atomic E-state index is 12.3. The van der Waals surface area contributed by atoms with E-state index in [1.54, 1.807) is 0 Å². The molecule has 0 spiro atoms. The van der Waals surface area contributed by atoms with Crippen LogP contribution in [-0.4, -0.2) is 42.9 Å². The van der Waals surface area contributed by atoms with Crippen LogP contribution in [0.2, 0.25) is 0 Å². The SMILES string of the molecule is CCCCCC(CC)OC(=O)C(CC(=O)OCC(CC)CCCC)S(=O)(=O)O. The minimum absolute atomic E-state index is 0.178. The molecule has 3 atom stereocenters. The molecule has 3 unspecified atom stereocenters. The number of unbranched alkanes of at least 4 members (excludes halogenated alkanes) is 3. The molecular weight excluding hydrogens is 384 g/mol. The smallest absolute Gasteiger partial charge is 0.327 e. The molecule has 0 saturated carbocycles. The van der Waals surface area contributed by atoms with E-state index < -0.39 is 39.8 Å². The monoisotopic (exact) mass is 422 g/mol. The molecule has 0 aliphatic rings. The van der Waals surface area contributed by atoms with Gasteiger partial charge in [0.05, 0.1) is 13.0 Å². The first-order chi connectivity index (χ1) is 13.2. The molecule has 0 radical (unpaired) electrons. The first-order valence-electron chi connectivity index (χ1n) is 10.5. The fraction of sp³-hybridized carbons (Fsp3) is 0.900. The van der Waals surface area contributed by atoms with Crippen molar-refractivity contribution in [2.24, 2.45) is 5.92 Å². The second-order valence-corrected chi connectivity index (χ2v) is 8.87. The van der Waals surface area contributed by atoms with E-state index in [1.165, 1.54) is 0 Å². The minimum Gasteiger partial charge on any atom is -0.465 e. The Bertz CT molecular complexity index is 545. The topological polar surface area (TPSA) is 107 Å². The summed E-state index contributed by atoms with van der Waals surface area (Å²) < 4.78 is 43.0. The number of rotatable bonds is 16. The minimum atomic E-state index is -4.77. The van der Waals surface area contributed by atoms with Crippen molar-refractivity contribution in [3.63, 3.8) is 0 Å². The van der Waals surface area contributed by atoms with Gasteiger partial charge in [0, 0.05) is 0 Å². The summed E-state index contributed by atoms with van der Waals surface area (Å²) in [5.41, 5.74) is 0. The molecule has 0 aliphatic carbocycles. The number of carbonyl (C=O) groups is 2. The van der Waals surface area contributed by atoms with Crippen molar-refractivity contribution in [1.82, 2.24) is 0 Å². The van der Waals surface area contributed by atoms with Crippen LogP contribution in [0.15, 0.2) is 0 Å². The lowest BCUT2D eigenvalue weighted by Crippen LogP contribution is -2.36. The number of hydrogen-bond donors (Lipinski definition) is 1. The van der Waals surface area contributed by atoms with Crippen LogP contribution in [0.1, 0.15) is 91.9 Å². The Labute approximate surface area is 170 Å². The molecule has 0 aromatic carbocycles. The van der Waals surface area contributed by atoms with Gasteiger partial charge in [-0.1, -0.05) is 59.8 Å². The molecule has 28 heavy (non-hydrogen) atoms. The van der Waals surface area contributed by atoms with Crippen LogP contribution in [-0.2, 0) is 29.2 Å². The normalized spacial score (nSPS) is 14.9. The molecule has 0 aromatic rings. The highest BCUT2D eigenvalue weighted by molar-refractivity contribution is 7.87. The molecule has 166 valence electrons. The largest absolute Gasteiger partial charge is 0.465 e. The Hall–Kier alpha value is -1.15. The fourth-order valence-electron chi connectivity index (χ4n) is 2.84. The molecular formula is C20H38O7S. The van der Waals surface area contributed by atoms with E-state index >= 15 is 0 Å². The molecule has 0 amide bonds. The van der Waals surface area contributed by atoms with Crippen LogP contribution in [0.4, 0.5) is 0 Å². The van der Waals surface area contributed by atoms with Gasteiger partial charge in [-0.25, -0.2) is 0 Å². The third-order valence-corrected chi connectivity index (χ3v) is 5.94. The van der Waals surface area contributed by atoms with Crippen LogP contribution < -0.4 is 0 Å². The summed E-state index contributed by atoms with van der Waals surface area (Å²) in [6.07, 6.45) is 6.65. The molecule has 1 N–H and O–H groups in total. The van der Waals surface area contributed by atoms with Gasteiger partial charge in [-0.15, -0.1) is 0 Å². The maximum atomic E-state index is 12.3. The predicted molar refractivity (Wildman–Crippen MR) is 109 cm³/mol. The van der Waals surface area contributed by atoms with Gasteiger partial charge in [0.25, 0.3) is 10.1 Å². The van der Waals surface area contributed by atoms with E-state index in [0.29, 0.717) is 12.8 Å². The van der Waals surface area contributed by atoms with Gasteiger partial charge in [-0.3, -0.25) is 14.1 Å². The molecule has 0 heterocycles. The molecule has 7 nitrogen and oxygen atoms in total. The number of ether oxygens (including phenoxy) is 2. The van der Waals surface area contributed by atoms with Crippen molar-refractivity contribution < 1.29 is 32.0 Å². The van der Waals surface area contributed by atoms with E-state index in [4.69, 9.17) is 9.47 Å². The lowest BCUT2D eigenvalue weighted by molar-refractivity contribution is -0.154. The Morgan fingerprint density at radius 3 is 2.07 bits per heavy atom. The summed E-state index contributed by atoms with van der Waals surface area (Å²) in [6.45, 7) is 8.14. The second kappa shape index (κ2) is 14.8. The van der Waals surface area contributed by atoms with Gasteiger partial charge in [0.2, 0.25) is 0 Å². The van der Waals surface area contributed by atoms with E-state index in [9.17, 15) is 22.6 Å². The van der Waals surface area contributed by atoms with Crippen LogP contribution in [0.25, 0.3) is 0 Å². The van der Waals surface area contributed by atoms with Crippen LogP contribution in [0.3, 0.4) is 0 Å². The molecule has 0 aliphatic heterocycles. The average molecular weight is 423 g/mol. The molecule has 0 fully saturated rings. The highest BCUT2D eigenvalue weighted by Gasteiger charge is 2.36. The van der Waals surface area contributed by atoms with E-state index in [-0.39, 0.29) is 12.5 Å². The lowest BCUT2D eigenvalue weighted by atomic mass is 10.0. The Morgan fingerprint density at radius 1 is 0.929 bits per heavy atom. The zero-order valence-corrected chi connectivity index (χ0v) is 18.6. The zero-order valence-electron chi connectivity index (χ0n) is 17.8. The molecule has 0 bridgehead atoms. The van der Waals surface area contributed by atoms with Crippen LogP contribution >= 0.6 is 0 Å². The standard InChI is InChI=1S/C20H38O7S/c1-5-9-11-13-17(8-4)27-20(22)18(28(23,24)25)14-19(21)26-15-16(7-3)12-10-6-2/h16-18H,5-15H2,1-4H3,(H,23,24,25). The number of hydrogen-bond acceptors (Lipinski definition) is 6. The predicted octanol–water partition coefficient (Wildman–Crippen LogP) is 4.29. The summed E-state index contributed by atoms with van der Waals surface area (Å²) >= 11 is 0. The van der Waals surface area contributed by atoms with Crippen molar-refractivity contribution in [3.8, 4) is 0 Å². The van der Waals surface area contributed by atoms with Crippen molar-refractivity contribution in [3.05, 3.63) is 0 Å². The van der Waals surface area contributed by atoms with Crippen molar-refractivity contribution in [2.45, 2.75) is 103 Å². The highest BCUT2D eigenvalue weighted by Crippen LogP contribution is 2.17. The molecule has 0 rings (SSSR count). The summed E-state index contributed by atoms with van der Waals surface area (Å²) in [7, 11) is -4.77. The van der Waals surface area contributed by atoms with Gasteiger partial charge in [0.15, 0.2) is 5.25 Å². The van der Waals surface area contributed by atoms with E-state index in [0.717, 1.165) is 44.9 Å². The van der Waals surface area contributed by atoms with Gasteiger partial charge in [0.1, 0.15) is 6.10 Å². The molecule has 8 heteroatoms. The summed E-state index contributed by atoms with van der Waals surface area (Å²) in [5, 5.41) is -1.95. The Balaban J connectivity index is 4.80. The van der Waals surface area contributed by atoms with E-state index in [2.05, 4.69) is 13.8 Å². The quantitative estimate of drug-likeness (QED) is 0.224. The maximum Gasteiger partial charge on any atom is 0.327 e. The van der Waals surface area contributed by atoms with Crippen molar-refractivity contribution in [1.29, 1.82) is 0 Å². The Morgan fingerprint density at radius 2 is 1.57 bits per heavy atom. The molecule has 0 aromatic heterocycles. The van der Waals surface area contributed by atoms with E-state index in [1.807, 2.05) is 13.8 Å². The average Bonchev–Trinajstić information content (AvgIpc) is 2.64. The first kappa shape index (κ1) is 26.9. The zero-order chi connectivity index (χ0) is 21.6. The number of esters is 2. The van der Waals surface area contributed by atoms with Gasteiger partial charge in [-0.05, 0) is 31.6 Å². The fourth-order valence-corrected chi connectivity index (χ4v) is 3.48. The van der Waals surface area contributed by atoms with Crippen LogP contribution in [0, 0.1) is 5.92 Å². The van der Waals surface area contributed by atoms with Gasteiger partial charge >= 0.3 is 11.9 Å². The first-order valence-corrected chi connectivity index (χ1v) is 12.0. The number of carbonyl (C=O) groups excluding carboxylic acids is 2. The highest BCUT2D eigenvalue weighted by atomic mass is 32.2. The lowest BCUT2D eigenvalue weighted by Gasteiger charge is -2.20. The third kappa shape index (κ3) is 11.6. The molecule has 0 saturated heterocycles. The second-order valence-electron chi connectivity index (χ2n) is 7.27.